The van der Waals surface area contributed by atoms with Gasteiger partial charge in [0.1, 0.15) is 0 Å². The van der Waals surface area contributed by atoms with Crippen molar-refractivity contribution in [3.63, 3.8) is 0 Å². The first-order chi connectivity index (χ1) is 8.27. The van der Waals surface area contributed by atoms with Gasteiger partial charge in [-0.1, -0.05) is 19.3 Å². The van der Waals surface area contributed by atoms with E-state index in [1.807, 2.05) is 11.9 Å². The van der Waals surface area contributed by atoms with E-state index in [-0.39, 0.29) is 24.4 Å². The molecule has 1 amide bonds. The first kappa shape index (κ1) is 15.7. The quantitative estimate of drug-likeness (QED) is 0.851. The number of ether oxygens (including phenoxy) is 1. The minimum atomic E-state index is 0. The Hall–Kier alpha value is -0.320. The van der Waals surface area contributed by atoms with Gasteiger partial charge in [-0.3, -0.25) is 4.79 Å². The molecule has 2 aliphatic rings. The molecule has 1 N–H and O–H groups in total. The summed E-state index contributed by atoms with van der Waals surface area (Å²) in [5, 5.41) is 3.34. The number of hydrogen-bond acceptors (Lipinski definition) is 3. The molecule has 106 valence electrons. The largest absolute Gasteiger partial charge is 0.378 e. The van der Waals surface area contributed by atoms with Crippen LogP contribution >= 0.6 is 12.4 Å². The van der Waals surface area contributed by atoms with Gasteiger partial charge in [0, 0.05) is 32.1 Å². The van der Waals surface area contributed by atoms with Crippen LogP contribution in [0.5, 0.6) is 0 Å². The van der Waals surface area contributed by atoms with E-state index in [0.29, 0.717) is 19.1 Å². The van der Waals surface area contributed by atoms with Crippen LogP contribution in [0.15, 0.2) is 0 Å². The number of nitrogens with zero attached hydrogens (tertiary/aromatic N) is 1. The van der Waals surface area contributed by atoms with Crippen molar-refractivity contribution < 1.29 is 9.53 Å². The van der Waals surface area contributed by atoms with Crippen molar-refractivity contribution in [1.29, 1.82) is 0 Å². The summed E-state index contributed by atoms with van der Waals surface area (Å²) >= 11 is 0. The lowest BCUT2D eigenvalue weighted by Crippen LogP contribution is -2.46. The van der Waals surface area contributed by atoms with E-state index in [9.17, 15) is 4.79 Å². The molecule has 0 aromatic rings. The number of hydrogen-bond donors (Lipinski definition) is 1. The molecule has 1 atom stereocenters. The summed E-state index contributed by atoms with van der Waals surface area (Å²) in [7, 11) is 1.96. The van der Waals surface area contributed by atoms with Crippen LogP contribution in [0.25, 0.3) is 0 Å². The highest BCUT2D eigenvalue weighted by Gasteiger charge is 2.24. The van der Waals surface area contributed by atoms with Crippen molar-refractivity contribution in [3.8, 4) is 0 Å². The molecule has 0 bridgehead atoms. The third kappa shape index (κ3) is 4.41. The van der Waals surface area contributed by atoms with Crippen LogP contribution in [0.1, 0.15) is 38.5 Å². The Labute approximate surface area is 116 Å². The van der Waals surface area contributed by atoms with E-state index in [4.69, 9.17) is 4.74 Å². The van der Waals surface area contributed by atoms with Crippen molar-refractivity contribution in [2.45, 2.75) is 50.6 Å². The van der Waals surface area contributed by atoms with Gasteiger partial charge in [0.15, 0.2) is 0 Å². The van der Waals surface area contributed by atoms with Crippen molar-refractivity contribution in [3.05, 3.63) is 0 Å². The van der Waals surface area contributed by atoms with E-state index in [0.717, 1.165) is 13.2 Å². The van der Waals surface area contributed by atoms with Crippen molar-refractivity contribution >= 4 is 18.3 Å². The fourth-order valence-corrected chi connectivity index (χ4v) is 2.78. The maximum Gasteiger partial charge on any atom is 0.224 e. The van der Waals surface area contributed by atoms with Crippen molar-refractivity contribution in [2.24, 2.45) is 0 Å². The zero-order chi connectivity index (χ0) is 12.1. The molecule has 1 aliphatic heterocycles. The second-order valence-electron chi connectivity index (χ2n) is 5.23. The average molecular weight is 277 g/mol. The van der Waals surface area contributed by atoms with E-state index in [1.54, 1.807) is 0 Å². The number of amides is 1. The Morgan fingerprint density at radius 1 is 1.33 bits per heavy atom. The monoisotopic (exact) mass is 276 g/mol. The maximum absolute atomic E-state index is 12.1. The lowest BCUT2D eigenvalue weighted by Gasteiger charge is -2.33. The smallest absolute Gasteiger partial charge is 0.224 e. The molecule has 2 rings (SSSR count). The summed E-state index contributed by atoms with van der Waals surface area (Å²) in [6.07, 6.45) is 6.80. The number of carbonyl (C=O) groups excluding carboxylic acids is 1. The third-order valence-electron chi connectivity index (χ3n) is 3.94. The van der Waals surface area contributed by atoms with Gasteiger partial charge in [-0.25, -0.2) is 0 Å². The molecule has 1 heterocycles. The molecule has 0 radical (unpaired) electrons. The second-order valence-corrected chi connectivity index (χ2v) is 5.23. The number of nitrogens with one attached hydrogen (secondary N) is 1. The van der Waals surface area contributed by atoms with Gasteiger partial charge < -0.3 is 15.0 Å². The Bertz CT molecular complexity index is 251. The summed E-state index contributed by atoms with van der Waals surface area (Å²) in [6, 6.07) is 0.683. The van der Waals surface area contributed by atoms with E-state index in [1.165, 1.54) is 32.1 Å². The number of carbonyl (C=O) groups is 1. The van der Waals surface area contributed by atoms with Crippen LogP contribution in [0.4, 0.5) is 0 Å². The lowest BCUT2D eigenvalue weighted by atomic mass is 9.94. The summed E-state index contributed by atoms with van der Waals surface area (Å²) < 4.78 is 5.37. The molecular formula is C13H25ClN2O2. The van der Waals surface area contributed by atoms with Crippen LogP contribution in [-0.4, -0.2) is 49.7 Å². The van der Waals surface area contributed by atoms with Crippen LogP contribution < -0.4 is 5.32 Å². The zero-order valence-electron chi connectivity index (χ0n) is 11.2. The Morgan fingerprint density at radius 2 is 2.06 bits per heavy atom. The van der Waals surface area contributed by atoms with Gasteiger partial charge in [0.05, 0.1) is 13.2 Å². The second kappa shape index (κ2) is 7.97. The van der Waals surface area contributed by atoms with Gasteiger partial charge in [0.25, 0.3) is 0 Å². The molecule has 0 aromatic carbocycles. The van der Waals surface area contributed by atoms with E-state index < -0.39 is 0 Å². The molecular weight excluding hydrogens is 252 g/mol. The van der Waals surface area contributed by atoms with Crippen LogP contribution in [0.3, 0.4) is 0 Å². The minimum Gasteiger partial charge on any atom is -0.378 e. The van der Waals surface area contributed by atoms with Crippen LogP contribution in [-0.2, 0) is 9.53 Å². The summed E-state index contributed by atoms with van der Waals surface area (Å²) in [5.74, 6) is 0.264. The molecule has 5 heteroatoms. The normalized spacial score (nSPS) is 25.3. The maximum atomic E-state index is 12.1. The van der Waals surface area contributed by atoms with E-state index in [2.05, 4.69) is 5.32 Å². The fourth-order valence-electron chi connectivity index (χ4n) is 2.78. The number of halogens is 1. The first-order valence-corrected chi connectivity index (χ1v) is 6.84. The highest BCUT2D eigenvalue weighted by Crippen LogP contribution is 2.22. The average Bonchev–Trinajstić information content (AvgIpc) is 2.40. The molecule has 0 spiro atoms. The summed E-state index contributed by atoms with van der Waals surface area (Å²) in [4.78, 5) is 14.1. The van der Waals surface area contributed by atoms with Crippen LogP contribution in [0, 0.1) is 0 Å². The van der Waals surface area contributed by atoms with Gasteiger partial charge in [-0.05, 0) is 12.8 Å². The standard InChI is InChI=1S/C13H24N2O2.ClH/c1-15(12-5-3-2-4-6-12)13(16)9-11-10-17-8-7-14-11;/h11-12,14H,2-10H2,1H3;1H. The van der Waals surface area contributed by atoms with Gasteiger partial charge in [-0.2, -0.15) is 0 Å². The highest BCUT2D eigenvalue weighted by atomic mass is 35.5. The SMILES string of the molecule is CN(C(=O)CC1COCCN1)C1CCCCC1.Cl. The Balaban J connectivity index is 0.00000162. The molecule has 1 aliphatic carbocycles. The topological polar surface area (TPSA) is 41.6 Å². The molecule has 1 saturated carbocycles. The molecule has 0 aromatic heterocycles. The molecule has 1 unspecified atom stereocenters. The summed E-state index contributed by atoms with van der Waals surface area (Å²) in [5.41, 5.74) is 0. The van der Waals surface area contributed by atoms with Gasteiger partial charge in [0.2, 0.25) is 5.91 Å². The van der Waals surface area contributed by atoms with Gasteiger partial charge in [-0.15, -0.1) is 12.4 Å². The minimum absolute atomic E-state index is 0. The molecule has 4 nitrogen and oxygen atoms in total. The number of morpholine rings is 1. The predicted molar refractivity (Wildman–Crippen MR) is 74.1 cm³/mol. The first-order valence-electron chi connectivity index (χ1n) is 6.84. The number of rotatable bonds is 3. The summed E-state index contributed by atoms with van der Waals surface area (Å²) in [6.45, 7) is 2.30. The molecule has 2 fully saturated rings. The fraction of sp³-hybridized carbons (Fsp3) is 0.923. The molecule has 18 heavy (non-hydrogen) atoms. The third-order valence-corrected chi connectivity index (χ3v) is 3.94. The predicted octanol–water partition coefficient (Wildman–Crippen LogP) is 1.58. The van der Waals surface area contributed by atoms with Crippen molar-refractivity contribution in [1.82, 2.24) is 10.2 Å². The highest BCUT2D eigenvalue weighted by molar-refractivity contribution is 5.85. The zero-order valence-corrected chi connectivity index (χ0v) is 12.0. The molecule has 1 saturated heterocycles. The Kier molecular flexibility index (Phi) is 6.97. The van der Waals surface area contributed by atoms with Crippen LogP contribution in [0.2, 0.25) is 0 Å². The lowest BCUT2D eigenvalue weighted by molar-refractivity contribution is -0.133. The van der Waals surface area contributed by atoms with E-state index >= 15 is 0 Å². The Morgan fingerprint density at radius 3 is 2.67 bits per heavy atom. The van der Waals surface area contributed by atoms with Crippen molar-refractivity contribution in [2.75, 3.05) is 26.8 Å². The van der Waals surface area contributed by atoms with Gasteiger partial charge >= 0.3 is 0 Å².